The maximum Gasteiger partial charge on any atom is 0.255 e. The Kier molecular flexibility index (Phi) is 6.56. The standard InChI is InChI=1S/C24H34N4O2SSi/c1-15(2)32(16(3)4,17(5)6)24-25-12-18(30-24)13-28-10-9-20-19(14-28)23(29)27-22(26-20)21-8-7-11-31-21/h7-8,11-12,15-17H,9-10,13-14H2,1-6H3,(H,26,27,29). The molecule has 6 nitrogen and oxygen atoms in total. The van der Waals surface area contributed by atoms with Gasteiger partial charge in [0.2, 0.25) is 0 Å². The Balaban J connectivity index is 1.54. The summed E-state index contributed by atoms with van der Waals surface area (Å²) >= 11 is 1.59. The average molecular weight is 471 g/mol. The van der Waals surface area contributed by atoms with Crippen molar-refractivity contribution in [2.75, 3.05) is 6.54 Å². The molecule has 0 saturated heterocycles. The van der Waals surface area contributed by atoms with Gasteiger partial charge in [0, 0.05) is 19.5 Å². The average Bonchev–Trinajstić information content (AvgIpc) is 3.41. The van der Waals surface area contributed by atoms with Crippen LogP contribution < -0.4 is 11.1 Å². The van der Waals surface area contributed by atoms with Gasteiger partial charge in [0.05, 0.1) is 28.9 Å². The molecule has 0 fully saturated rings. The van der Waals surface area contributed by atoms with Crippen molar-refractivity contribution in [1.29, 1.82) is 0 Å². The van der Waals surface area contributed by atoms with E-state index < -0.39 is 8.07 Å². The van der Waals surface area contributed by atoms with Gasteiger partial charge in [-0.1, -0.05) is 47.6 Å². The van der Waals surface area contributed by atoms with Crippen molar-refractivity contribution >= 4 is 24.9 Å². The normalized spacial score (nSPS) is 15.2. The lowest BCUT2D eigenvalue weighted by atomic mass is 10.1. The molecule has 4 heterocycles. The summed E-state index contributed by atoms with van der Waals surface area (Å²) in [5.74, 6) is 1.57. The van der Waals surface area contributed by atoms with Crippen LogP contribution in [0.2, 0.25) is 16.6 Å². The van der Waals surface area contributed by atoms with Crippen LogP contribution in [-0.2, 0) is 19.5 Å². The first kappa shape index (κ1) is 23.1. The monoisotopic (exact) mass is 470 g/mol. The third kappa shape index (κ3) is 4.04. The van der Waals surface area contributed by atoms with E-state index in [0.717, 1.165) is 40.4 Å². The molecule has 0 atom stereocenters. The Bertz CT molecular complexity index is 1100. The van der Waals surface area contributed by atoms with Crippen molar-refractivity contribution in [3.05, 3.63) is 51.1 Å². The van der Waals surface area contributed by atoms with Gasteiger partial charge >= 0.3 is 0 Å². The zero-order chi connectivity index (χ0) is 23.0. The second-order valence-electron chi connectivity index (χ2n) is 9.81. The minimum absolute atomic E-state index is 0.0350. The summed E-state index contributed by atoms with van der Waals surface area (Å²) in [5, 5.41) is 2.00. The predicted octanol–water partition coefficient (Wildman–Crippen LogP) is 4.93. The largest absolute Gasteiger partial charge is 0.449 e. The number of H-pyrrole nitrogens is 1. The molecule has 0 radical (unpaired) electrons. The van der Waals surface area contributed by atoms with Gasteiger partial charge in [-0.05, 0) is 28.1 Å². The first-order chi connectivity index (χ1) is 15.2. The van der Waals surface area contributed by atoms with Crippen LogP contribution in [0.4, 0.5) is 0 Å². The van der Waals surface area contributed by atoms with Gasteiger partial charge in [-0.2, -0.15) is 0 Å². The Labute approximate surface area is 195 Å². The van der Waals surface area contributed by atoms with E-state index in [0.29, 0.717) is 35.5 Å². The summed E-state index contributed by atoms with van der Waals surface area (Å²) in [4.78, 5) is 28.6. The Hall–Kier alpha value is -2.03. The van der Waals surface area contributed by atoms with Crippen LogP contribution in [0, 0.1) is 0 Å². The number of nitrogens with zero attached hydrogens (tertiary/aromatic N) is 3. The number of hydrogen-bond acceptors (Lipinski definition) is 6. The molecule has 8 heteroatoms. The number of fused-ring (bicyclic) bond motifs is 1. The van der Waals surface area contributed by atoms with Gasteiger partial charge in [0.15, 0.2) is 19.4 Å². The Morgan fingerprint density at radius 1 is 1.19 bits per heavy atom. The van der Waals surface area contributed by atoms with Gasteiger partial charge in [-0.3, -0.25) is 9.69 Å². The number of nitrogens with one attached hydrogen (secondary N) is 1. The minimum atomic E-state index is -1.91. The number of aromatic amines is 1. The Morgan fingerprint density at radius 3 is 2.53 bits per heavy atom. The fourth-order valence-corrected chi connectivity index (χ4v) is 12.4. The number of thiophene rings is 1. The van der Waals surface area contributed by atoms with Gasteiger partial charge in [-0.25, -0.2) is 9.97 Å². The van der Waals surface area contributed by atoms with Crippen molar-refractivity contribution in [3.8, 4) is 10.7 Å². The highest BCUT2D eigenvalue weighted by Gasteiger charge is 2.49. The zero-order valence-corrected chi connectivity index (χ0v) is 21.8. The van der Waals surface area contributed by atoms with Gasteiger partial charge in [0.1, 0.15) is 5.76 Å². The van der Waals surface area contributed by atoms with Crippen LogP contribution in [0.5, 0.6) is 0 Å². The van der Waals surface area contributed by atoms with Gasteiger partial charge in [0.25, 0.3) is 5.56 Å². The van der Waals surface area contributed by atoms with E-state index in [9.17, 15) is 4.79 Å². The van der Waals surface area contributed by atoms with E-state index in [4.69, 9.17) is 14.4 Å². The first-order valence-electron chi connectivity index (χ1n) is 11.6. The van der Waals surface area contributed by atoms with Crippen LogP contribution in [0.1, 0.15) is 58.6 Å². The van der Waals surface area contributed by atoms with Crippen LogP contribution in [0.15, 0.2) is 32.9 Å². The third-order valence-electron chi connectivity index (χ3n) is 7.07. The van der Waals surface area contributed by atoms with Crippen LogP contribution in [0.3, 0.4) is 0 Å². The van der Waals surface area contributed by atoms with Crippen molar-refractivity contribution in [2.45, 2.75) is 77.7 Å². The van der Waals surface area contributed by atoms with Crippen LogP contribution >= 0.6 is 11.3 Å². The first-order valence-corrected chi connectivity index (χ1v) is 14.7. The minimum Gasteiger partial charge on any atom is -0.449 e. The van der Waals surface area contributed by atoms with E-state index in [1.807, 2.05) is 23.7 Å². The second-order valence-corrected chi connectivity index (χ2v) is 16.5. The molecule has 0 unspecified atom stereocenters. The molecule has 0 aliphatic carbocycles. The van der Waals surface area contributed by atoms with Crippen LogP contribution in [0.25, 0.3) is 10.7 Å². The van der Waals surface area contributed by atoms with Crippen LogP contribution in [-0.4, -0.2) is 34.5 Å². The molecule has 1 aliphatic heterocycles. The highest BCUT2D eigenvalue weighted by atomic mass is 32.1. The molecule has 0 spiro atoms. The lowest BCUT2D eigenvalue weighted by molar-refractivity contribution is 0.224. The quantitative estimate of drug-likeness (QED) is 0.496. The maximum absolute atomic E-state index is 12.8. The highest BCUT2D eigenvalue weighted by Crippen LogP contribution is 2.40. The third-order valence-corrected chi connectivity index (χ3v) is 14.7. The summed E-state index contributed by atoms with van der Waals surface area (Å²) in [6.45, 7) is 16.0. The molecule has 0 saturated carbocycles. The lowest BCUT2D eigenvalue weighted by Crippen LogP contribution is -2.56. The molecule has 0 bridgehead atoms. The van der Waals surface area contributed by atoms with Gasteiger partial charge in [-0.15, -0.1) is 11.3 Å². The molecule has 1 N–H and O–H groups in total. The van der Waals surface area contributed by atoms with Gasteiger partial charge < -0.3 is 9.40 Å². The smallest absolute Gasteiger partial charge is 0.255 e. The number of oxazole rings is 1. The molecular formula is C24H34N4O2SSi. The van der Waals surface area contributed by atoms with E-state index in [2.05, 4.69) is 51.4 Å². The number of rotatable bonds is 7. The molecule has 172 valence electrons. The zero-order valence-electron chi connectivity index (χ0n) is 19.9. The SMILES string of the molecule is CC(C)[Si](c1ncc(CN2CCc3nc(-c4cccs4)[nH]c(=O)c3C2)o1)(C(C)C)C(C)C. The molecule has 0 aromatic carbocycles. The van der Waals surface area contributed by atoms with Crippen molar-refractivity contribution < 1.29 is 4.42 Å². The summed E-state index contributed by atoms with van der Waals surface area (Å²) in [7, 11) is -1.91. The molecule has 32 heavy (non-hydrogen) atoms. The number of aromatic nitrogens is 3. The van der Waals surface area contributed by atoms with E-state index in [1.54, 1.807) is 11.3 Å². The molecule has 3 aromatic rings. The molecule has 4 rings (SSSR count). The van der Waals surface area contributed by atoms with Crippen molar-refractivity contribution in [1.82, 2.24) is 19.9 Å². The molecule has 3 aromatic heterocycles. The fourth-order valence-electron chi connectivity index (χ4n) is 5.69. The van der Waals surface area contributed by atoms with Crippen molar-refractivity contribution in [3.63, 3.8) is 0 Å². The van der Waals surface area contributed by atoms with E-state index >= 15 is 0 Å². The molecule has 0 amide bonds. The Morgan fingerprint density at radius 2 is 1.91 bits per heavy atom. The summed E-state index contributed by atoms with van der Waals surface area (Å²) < 4.78 is 6.43. The number of hydrogen-bond donors (Lipinski definition) is 1. The topological polar surface area (TPSA) is 75.0 Å². The van der Waals surface area contributed by atoms with E-state index in [-0.39, 0.29) is 5.56 Å². The predicted molar refractivity (Wildman–Crippen MR) is 133 cm³/mol. The second kappa shape index (κ2) is 9.07. The highest BCUT2D eigenvalue weighted by molar-refractivity contribution is 7.13. The van der Waals surface area contributed by atoms with Crippen molar-refractivity contribution in [2.24, 2.45) is 0 Å². The summed E-state index contributed by atoms with van der Waals surface area (Å²) in [6, 6.07) is 3.96. The maximum atomic E-state index is 12.8. The fraction of sp³-hybridized carbons (Fsp3) is 0.542. The van der Waals surface area contributed by atoms with E-state index in [1.165, 1.54) is 0 Å². The summed E-state index contributed by atoms with van der Waals surface area (Å²) in [5.41, 5.74) is 4.29. The molecule has 1 aliphatic rings. The summed E-state index contributed by atoms with van der Waals surface area (Å²) in [6.07, 6.45) is 2.67. The molecular weight excluding hydrogens is 436 g/mol. The lowest BCUT2D eigenvalue weighted by Gasteiger charge is -2.39.